The molecule has 2 nitrogen and oxygen atoms in total. The number of hydrogen-bond donors (Lipinski definition) is 1. The number of hydrogen-bond acceptors (Lipinski definition) is 2. The Morgan fingerprint density at radius 2 is 2.17 bits per heavy atom. The quantitative estimate of drug-likeness (QED) is 0.740. The Balaban J connectivity index is 2.81. The van der Waals surface area contributed by atoms with E-state index in [1.54, 1.807) is 0 Å². The average Bonchev–Trinajstić information content (AvgIpc) is 2.05. The molecule has 0 bridgehead atoms. The molecule has 0 atom stereocenters. The van der Waals surface area contributed by atoms with Crippen LogP contribution in [0.5, 0.6) is 0 Å². The van der Waals surface area contributed by atoms with Crippen LogP contribution in [0.3, 0.4) is 0 Å². The lowest BCUT2D eigenvalue weighted by atomic mass is 10.0. The van der Waals surface area contributed by atoms with Crippen molar-refractivity contribution in [2.45, 2.75) is 26.2 Å². The van der Waals surface area contributed by atoms with E-state index in [4.69, 9.17) is 5.11 Å². The van der Waals surface area contributed by atoms with Gasteiger partial charge in [0.15, 0.2) is 0 Å². The molecule has 1 aromatic rings. The molecule has 0 amide bonds. The summed E-state index contributed by atoms with van der Waals surface area (Å²) in [6.45, 7) is 4.47. The van der Waals surface area contributed by atoms with Gasteiger partial charge in [-0.05, 0) is 23.5 Å². The summed E-state index contributed by atoms with van der Waals surface area (Å²) < 4.78 is 0. The summed E-state index contributed by atoms with van der Waals surface area (Å²) in [4.78, 5) is 4.11. The second kappa shape index (κ2) is 4.21. The standard InChI is InChI=1S/C10H15NO/c1-8(2)10-5-9(3-4-12)6-11-7-10/h5-8,12H,3-4H2,1-2H3. The molecule has 0 radical (unpaired) electrons. The van der Waals surface area contributed by atoms with Crippen molar-refractivity contribution in [1.82, 2.24) is 4.98 Å². The largest absolute Gasteiger partial charge is 0.396 e. The van der Waals surface area contributed by atoms with E-state index in [-0.39, 0.29) is 6.61 Å². The Hall–Kier alpha value is -0.890. The highest BCUT2D eigenvalue weighted by atomic mass is 16.2. The van der Waals surface area contributed by atoms with E-state index in [0.29, 0.717) is 12.3 Å². The number of pyridine rings is 1. The van der Waals surface area contributed by atoms with Crippen molar-refractivity contribution < 1.29 is 5.11 Å². The van der Waals surface area contributed by atoms with Crippen LogP contribution in [0, 0.1) is 0 Å². The highest BCUT2D eigenvalue weighted by molar-refractivity contribution is 5.20. The normalized spacial score (nSPS) is 10.7. The van der Waals surface area contributed by atoms with Gasteiger partial charge in [0.05, 0.1) is 0 Å². The van der Waals surface area contributed by atoms with E-state index in [2.05, 4.69) is 24.9 Å². The Morgan fingerprint density at radius 1 is 1.42 bits per heavy atom. The third-order valence-electron chi connectivity index (χ3n) is 1.88. The number of aromatic nitrogens is 1. The van der Waals surface area contributed by atoms with Crippen molar-refractivity contribution in [3.8, 4) is 0 Å². The molecule has 2 heteroatoms. The molecular formula is C10H15NO. The Kier molecular flexibility index (Phi) is 3.23. The molecule has 0 aromatic carbocycles. The number of aliphatic hydroxyl groups is 1. The van der Waals surface area contributed by atoms with Crippen molar-refractivity contribution in [3.05, 3.63) is 29.6 Å². The summed E-state index contributed by atoms with van der Waals surface area (Å²) in [6.07, 6.45) is 4.39. The van der Waals surface area contributed by atoms with Crippen LogP contribution in [0.15, 0.2) is 18.5 Å². The summed E-state index contributed by atoms with van der Waals surface area (Å²) >= 11 is 0. The first kappa shape index (κ1) is 9.20. The second-order valence-corrected chi connectivity index (χ2v) is 3.25. The molecule has 0 unspecified atom stereocenters. The van der Waals surface area contributed by atoms with E-state index < -0.39 is 0 Å². The van der Waals surface area contributed by atoms with Gasteiger partial charge in [0.2, 0.25) is 0 Å². The zero-order valence-corrected chi connectivity index (χ0v) is 7.62. The number of rotatable bonds is 3. The van der Waals surface area contributed by atoms with E-state index in [1.165, 1.54) is 5.56 Å². The molecule has 0 saturated carbocycles. The Morgan fingerprint density at radius 3 is 2.75 bits per heavy atom. The minimum absolute atomic E-state index is 0.198. The summed E-state index contributed by atoms with van der Waals surface area (Å²) in [5, 5.41) is 8.72. The van der Waals surface area contributed by atoms with Gasteiger partial charge in [0.25, 0.3) is 0 Å². The lowest BCUT2D eigenvalue weighted by molar-refractivity contribution is 0.299. The fourth-order valence-electron chi connectivity index (χ4n) is 1.09. The molecular weight excluding hydrogens is 150 g/mol. The molecule has 0 aliphatic rings. The monoisotopic (exact) mass is 165 g/mol. The van der Waals surface area contributed by atoms with E-state index in [0.717, 1.165) is 5.56 Å². The van der Waals surface area contributed by atoms with Crippen molar-refractivity contribution >= 4 is 0 Å². The lowest BCUT2D eigenvalue weighted by Gasteiger charge is -2.05. The van der Waals surface area contributed by atoms with Crippen LogP contribution >= 0.6 is 0 Å². The SMILES string of the molecule is CC(C)c1cncc(CCO)c1. The second-order valence-electron chi connectivity index (χ2n) is 3.25. The van der Waals surface area contributed by atoms with Crippen LogP contribution in [0.2, 0.25) is 0 Å². The van der Waals surface area contributed by atoms with Crippen molar-refractivity contribution in [3.63, 3.8) is 0 Å². The smallest absolute Gasteiger partial charge is 0.0472 e. The molecule has 0 spiro atoms. The predicted octanol–water partition coefficient (Wildman–Crippen LogP) is 1.74. The molecule has 12 heavy (non-hydrogen) atoms. The topological polar surface area (TPSA) is 33.1 Å². The van der Waals surface area contributed by atoms with Crippen molar-refractivity contribution in [2.24, 2.45) is 0 Å². The van der Waals surface area contributed by atoms with Crippen molar-refractivity contribution in [2.75, 3.05) is 6.61 Å². The first-order valence-electron chi connectivity index (χ1n) is 4.28. The molecule has 0 saturated heterocycles. The highest BCUT2D eigenvalue weighted by Crippen LogP contribution is 2.13. The van der Waals surface area contributed by atoms with Gasteiger partial charge in [-0.25, -0.2) is 0 Å². The molecule has 1 rings (SSSR count). The van der Waals surface area contributed by atoms with E-state index in [1.807, 2.05) is 12.4 Å². The Bertz CT molecular complexity index is 245. The van der Waals surface area contributed by atoms with Gasteiger partial charge in [-0.1, -0.05) is 19.9 Å². The summed E-state index contributed by atoms with van der Waals surface area (Å²) in [5.41, 5.74) is 2.35. The van der Waals surface area contributed by atoms with Gasteiger partial charge in [-0.15, -0.1) is 0 Å². The molecule has 1 aromatic heterocycles. The number of aliphatic hydroxyl groups excluding tert-OH is 1. The van der Waals surface area contributed by atoms with Gasteiger partial charge >= 0.3 is 0 Å². The fraction of sp³-hybridized carbons (Fsp3) is 0.500. The summed E-state index contributed by atoms with van der Waals surface area (Å²) in [7, 11) is 0. The summed E-state index contributed by atoms with van der Waals surface area (Å²) in [6, 6.07) is 2.11. The Labute approximate surface area is 73.3 Å². The zero-order chi connectivity index (χ0) is 8.97. The zero-order valence-electron chi connectivity index (χ0n) is 7.62. The maximum absolute atomic E-state index is 8.72. The molecule has 1 N–H and O–H groups in total. The van der Waals surface area contributed by atoms with E-state index >= 15 is 0 Å². The molecule has 66 valence electrons. The van der Waals surface area contributed by atoms with E-state index in [9.17, 15) is 0 Å². The summed E-state index contributed by atoms with van der Waals surface area (Å²) in [5.74, 6) is 0.510. The minimum Gasteiger partial charge on any atom is -0.396 e. The van der Waals surface area contributed by atoms with Crippen LogP contribution in [0.25, 0.3) is 0 Å². The number of nitrogens with zero attached hydrogens (tertiary/aromatic N) is 1. The first-order valence-corrected chi connectivity index (χ1v) is 4.28. The van der Waals surface area contributed by atoms with Gasteiger partial charge < -0.3 is 5.11 Å². The maximum atomic E-state index is 8.72. The maximum Gasteiger partial charge on any atom is 0.0472 e. The van der Waals surface area contributed by atoms with Crippen LogP contribution in [-0.4, -0.2) is 16.7 Å². The average molecular weight is 165 g/mol. The molecule has 1 heterocycles. The van der Waals surface area contributed by atoms with Crippen LogP contribution in [0.4, 0.5) is 0 Å². The lowest BCUT2D eigenvalue weighted by Crippen LogP contribution is -1.95. The molecule has 0 fully saturated rings. The molecule has 0 aliphatic carbocycles. The minimum atomic E-state index is 0.198. The third-order valence-corrected chi connectivity index (χ3v) is 1.88. The van der Waals surface area contributed by atoms with Gasteiger partial charge in [0.1, 0.15) is 0 Å². The predicted molar refractivity (Wildman–Crippen MR) is 49.1 cm³/mol. The first-order chi connectivity index (χ1) is 5.74. The van der Waals surface area contributed by atoms with Crippen molar-refractivity contribution in [1.29, 1.82) is 0 Å². The fourth-order valence-corrected chi connectivity index (χ4v) is 1.09. The highest BCUT2D eigenvalue weighted by Gasteiger charge is 2.00. The van der Waals surface area contributed by atoms with Gasteiger partial charge in [-0.3, -0.25) is 4.98 Å². The van der Waals surface area contributed by atoms with Gasteiger partial charge in [0, 0.05) is 19.0 Å². The van der Waals surface area contributed by atoms with Crippen LogP contribution < -0.4 is 0 Å². The molecule has 0 aliphatic heterocycles. The third kappa shape index (κ3) is 2.31. The van der Waals surface area contributed by atoms with Crippen LogP contribution in [0.1, 0.15) is 30.9 Å². The van der Waals surface area contributed by atoms with Crippen LogP contribution in [-0.2, 0) is 6.42 Å². The van der Waals surface area contributed by atoms with Gasteiger partial charge in [-0.2, -0.15) is 0 Å².